The summed E-state index contributed by atoms with van der Waals surface area (Å²) in [6.45, 7) is 3.95. The zero-order valence-corrected chi connectivity index (χ0v) is 12.8. The van der Waals surface area contributed by atoms with Gasteiger partial charge in [0.05, 0.1) is 5.92 Å². The van der Waals surface area contributed by atoms with Crippen molar-refractivity contribution >= 4 is 5.97 Å². The Hall–Kier alpha value is -2.60. The minimum absolute atomic E-state index is 0.0880. The number of esters is 1. The average molecular weight is 293 g/mol. The fourth-order valence-corrected chi connectivity index (χ4v) is 2.44. The van der Waals surface area contributed by atoms with Crippen LogP contribution in [0.2, 0.25) is 0 Å². The van der Waals surface area contributed by atoms with E-state index in [-0.39, 0.29) is 17.8 Å². The Morgan fingerprint density at radius 1 is 0.955 bits per heavy atom. The van der Waals surface area contributed by atoms with Crippen LogP contribution in [0.4, 0.5) is 0 Å². The zero-order chi connectivity index (χ0) is 15.9. The second kappa shape index (κ2) is 7.42. The zero-order valence-electron chi connectivity index (χ0n) is 12.8. The maximum atomic E-state index is 12.6. The molecular formula is C19H19NO2. The normalized spacial score (nSPS) is 13.2. The van der Waals surface area contributed by atoms with Gasteiger partial charge < -0.3 is 4.74 Å². The fourth-order valence-electron chi connectivity index (χ4n) is 2.44. The summed E-state index contributed by atoms with van der Waals surface area (Å²) < 4.78 is 5.46. The Morgan fingerprint density at radius 3 is 1.91 bits per heavy atom. The minimum Gasteiger partial charge on any atom is -0.441 e. The fraction of sp³-hybridized carbons (Fsp3) is 0.263. The van der Waals surface area contributed by atoms with Gasteiger partial charge in [0.15, 0.2) is 0 Å². The van der Waals surface area contributed by atoms with Crippen molar-refractivity contribution in [3.8, 4) is 6.07 Å². The van der Waals surface area contributed by atoms with E-state index in [1.807, 2.05) is 62.4 Å². The summed E-state index contributed by atoms with van der Waals surface area (Å²) in [4.78, 5) is 12.6. The number of benzene rings is 2. The summed E-state index contributed by atoms with van der Waals surface area (Å²) in [5, 5.41) is 9.29. The van der Waals surface area contributed by atoms with Crippen LogP contribution in [0, 0.1) is 17.2 Å². The second-order valence-electron chi connectivity index (χ2n) is 5.49. The van der Waals surface area contributed by atoms with Gasteiger partial charge in [-0.15, -0.1) is 0 Å². The SMILES string of the molecule is CC(C)[C@@H](C(=O)O[C@H](C#N)c1ccccc1)c1ccccc1. The molecule has 0 spiro atoms. The lowest BCUT2D eigenvalue weighted by Gasteiger charge is -2.21. The number of carbonyl (C=O) groups excluding carboxylic acids is 1. The molecule has 0 N–H and O–H groups in total. The molecule has 0 radical (unpaired) electrons. The highest BCUT2D eigenvalue weighted by Crippen LogP contribution is 2.28. The van der Waals surface area contributed by atoms with Crippen molar-refractivity contribution in [2.45, 2.75) is 25.9 Å². The van der Waals surface area contributed by atoms with Crippen molar-refractivity contribution in [2.75, 3.05) is 0 Å². The first kappa shape index (κ1) is 15.8. The lowest BCUT2D eigenvalue weighted by atomic mass is 9.88. The smallest absolute Gasteiger partial charge is 0.315 e. The number of hydrogen-bond acceptors (Lipinski definition) is 3. The van der Waals surface area contributed by atoms with E-state index in [9.17, 15) is 10.1 Å². The second-order valence-corrected chi connectivity index (χ2v) is 5.49. The lowest BCUT2D eigenvalue weighted by Crippen LogP contribution is -2.22. The summed E-state index contributed by atoms with van der Waals surface area (Å²) in [5.74, 6) is -0.651. The molecule has 3 nitrogen and oxygen atoms in total. The molecule has 2 rings (SSSR count). The van der Waals surface area contributed by atoms with E-state index in [0.717, 1.165) is 5.56 Å². The lowest BCUT2D eigenvalue weighted by molar-refractivity contribution is -0.150. The molecular weight excluding hydrogens is 274 g/mol. The first-order chi connectivity index (χ1) is 10.6. The van der Waals surface area contributed by atoms with Crippen LogP contribution >= 0.6 is 0 Å². The number of nitrogens with zero attached hydrogens (tertiary/aromatic N) is 1. The quantitative estimate of drug-likeness (QED) is 0.775. The average Bonchev–Trinajstić information content (AvgIpc) is 2.54. The third kappa shape index (κ3) is 3.73. The molecule has 0 unspecified atom stereocenters. The van der Waals surface area contributed by atoms with Crippen molar-refractivity contribution in [2.24, 2.45) is 5.92 Å². The van der Waals surface area contributed by atoms with E-state index in [1.54, 1.807) is 12.1 Å². The van der Waals surface area contributed by atoms with Crippen molar-refractivity contribution < 1.29 is 9.53 Å². The summed E-state index contributed by atoms with van der Waals surface area (Å²) in [7, 11) is 0. The maximum Gasteiger partial charge on any atom is 0.315 e. The van der Waals surface area contributed by atoms with E-state index in [1.165, 1.54) is 0 Å². The Bertz CT molecular complexity index is 644. The Labute approximate surface area is 131 Å². The Morgan fingerprint density at radius 2 is 1.45 bits per heavy atom. The summed E-state index contributed by atoms with van der Waals surface area (Å²) in [6, 6.07) is 20.7. The maximum absolute atomic E-state index is 12.6. The molecule has 2 aromatic carbocycles. The molecule has 22 heavy (non-hydrogen) atoms. The van der Waals surface area contributed by atoms with Crippen LogP contribution in [0.25, 0.3) is 0 Å². The highest BCUT2D eigenvalue weighted by Gasteiger charge is 2.28. The predicted octanol–water partition coefficient (Wildman–Crippen LogP) is 4.23. The molecule has 2 atom stereocenters. The predicted molar refractivity (Wildman–Crippen MR) is 84.9 cm³/mol. The topological polar surface area (TPSA) is 50.1 Å². The van der Waals surface area contributed by atoms with Crippen molar-refractivity contribution in [1.82, 2.24) is 0 Å². The molecule has 0 aromatic heterocycles. The molecule has 0 aliphatic carbocycles. The van der Waals surface area contributed by atoms with Crippen LogP contribution in [0.1, 0.15) is 37.0 Å². The van der Waals surface area contributed by atoms with Gasteiger partial charge in [0.1, 0.15) is 6.07 Å². The van der Waals surface area contributed by atoms with Crippen LogP contribution in [0.3, 0.4) is 0 Å². The number of ether oxygens (including phenoxy) is 1. The Balaban J connectivity index is 2.20. The number of carbonyl (C=O) groups is 1. The summed E-state index contributed by atoms with van der Waals surface area (Å²) in [5.41, 5.74) is 1.60. The van der Waals surface area contributed by atoms with Gasteiger partial charge in [-0.3, -0.25) is 4.79 Å². The van der Waals surface area contributed by atoms with E-state index < -0.39 is 6.10 Å². The molecule has 0 aliphatic heterocycles. The molecule has 0 fully saturated rings. The van der Waals surface area contributed by atoms with Crippen LogP contribution in [-0.2, 0) is 9.53 Å². The highest BCUT2D eigenvalue weighted by atomic mass is 16.5. The van der Waals surface area contributed by atoms with Gasteiger partial charge in [0, 0.05) is 5.56 Å². The monoisotopic (exact) mass is 293 g/mol. The Kier molecular flexibility index (Phi) is 5.32. The van der Waals surface area contributed by atoms with Crippen molar-refractivity contribution in [3.63, 3.8) is 0 Å². The van der Waals surface area contributed by atoms with Crippen molar-refractivity contribution in [3.05, 3.63) is 71.8 Å². The molecule has 0 aliphatic rings. The molecule has 112 valence electrons. The van der Waals surface area contributed by atoms with Gasteiger partial charge in [-0.2, -0.15) is 5.26 Å². The molecule has 0 bridgehead atoms. The van der Waals surface area contributed by atoms with E-state index >= 15 is 0 Å². The molecule has 0 amide bonds. The van der Waals surface area contributed by atoms with Crippen LogP contribution in [0.5, 0.6) is 0 Å². The molecule has 2 aromatic rings. The third-order valence-corrected chi connectivity index (χ3v) is 3.53. The number of hydrogen-bond donors (Lipinski definition) is 0. The van der Waals surface area contributed by atoms with Gasteiger partial charge >= 0.3 is 5.97 Å². The van der Waals surface area contributed by atoms with Gasteiger partial charge in [0.2, 0.25) is 6.10 Å². The summed E-state index contributed by atoms with van der Waals surface area (Å²) >= 11 is 0. The van der Waals surface area contributed by atoms with Crippen molar-refractivity contribution in [1.29, 1.82) is 5.26 Å². The van der Waals surface area contributed by atoms with Gasteiger partial charge in [-0.1, -0.05) is 74.5 Å². The molecule has 3 heteroatoms. The molecule has 0 heterocycles. The molecule has 0 saturated heterocycles. The number of rotatable bonds is 5. The van der Waals surface area contributed by atoms with Crippen LogP contribution in [0.15, 0.2) is 60.7 Å². The van der Waals surface area contributed by atoms with Gasteiger partial charge in [-0.25, -0.2) is 0 Å². The van der Waals surface area contributed by atoms with E-state index in [4.69, 9.17) is 4.74 Å². The van der Waals surface area contributed by atoms with Crippen LogP contribution in [-0.4, -0.2) is 5.97 Å². The van der Waals surface area contributed by atoms with Gasteiger partial charge in [-0.05, 0) is 11.5 Å². The standard InChI is InChI=1S/C19H19NO2/c1-14(2)18(16-11-7-4-8-12-16)19(21)22-17(13-20)15-9-5-3-6-10-15/h3-12,14,17-18H,1-2H3/t17-,18-/m1/s1. The largest absolute Gasteiger partial charge is 0.441 e. The molecule has 0 saturated carbocycles. The van der Waals surface area contributed by atoms with E-state index in [0.29, 0.717) is 5.56 Å². The third-order valence-electron chi connectivity index (χ3n) is 3.53. The van der Waals surface area contributed by atoms with E-state index in [2.05, 4.69) is 6.07 Å². The first-order valence-electron chi connectivity index (χ1n) is 7.33. The first-order valence-corrected chi connectivity index (χ1v) is 7.33. The number of nitriles is 1. The minimum atomic E-state index is -0.876. The van der Waals surface area contributed by atoms with Crippen LogP contribution < -0.4 is 0 Å². The van der Waals surface area contributed by atoms with Gasteiger partial charge in [0.25, 0.3) is 0 Å². The highest BCUT2D eigenvalue weighted by molar-refractivity contribution is 5.79. The summed E-state index contributed by atoms with van der Waals surface area (Å²) in [6.07, 6.45) is -0.876.